The highest BCUT2D eigenvalue weighted by Gasteiger charge is 2.43. The first-order chi connectivity index (χ1) is 12.8. The number of likely N-dealkylation sites (tertiary alicyclic amines) is 1. The summed E-state index contributed by atoms with van der Waals surface area (Å²) in [4.78, 5) is 15.3. The molecule has 2 heterocycles. The molecule has 2 aliphatic rings. The Morgan fingerprint density at radius 3 is 2.59 bits per heavy atom. The van der Waals surface area contributed by atoms with Crippen LogP contribution in [0.25, 0.3) is 0 Å². The lowest BCUT2D eigenvalue weighted by Crippen LogP contribution is -2.55. The zero-order chi connectivity index (χ0) is 19.5. The predicted molar refractivity (Wildman–Crippen MR) is 100 cm³/mol. The van der Waals surface area contributed by atoms with Crippen molar-refractivity contribution < 1.29 is 22.3 Å². The van der Waals surface area contributed by atoms with Gasteiger partial charge in [0.25, 0.3) is 0 Å². The third kappa shape index (κ3) is 5.27. The fourth-order valence-electron chi connectivity index (χ4n) is 4.12. The van der Waals surface area contributed by atoms with Crippen molar-refractivity contribution in [2.75, 3.05) is 32.6 Å². The highest BCUT2D eigenvalue weighted by Crippen LogP contribution is 2.37. The smallest absolute Gasteiger partial charge is 0.229 e. The number of carbonyl (C=O) groups is 1. The van der Waals surface area contributed by atoms with Crippen molar-refractivity contribution in [1.29, 1.82) is 0 Å². The van der Waals surface area contributed by atoms with Crippen LogP contribution in [0.2, 0.25) is 0 Å². The van der Waals surface area contributed by atoms with Crippen LogP contribution in [0.4, 0.5) is 4.39 Å². The Balaban J connectivity index is 1.77. The molecule has 0 radical (unpaired) electrons. The standard InChI is InChI=1S/C19H27FN2O4S/c1-27(24,25)21-17-3-2-10-22(14-17)18(23)19(8-11-26-12-9-19)13-15-4-6-16(20)7-5-15/h4-7,17,21H,2-3,8-14H2,1H3. The molecule has 8 heteroatoms. The number of nitrogens with zero attached hydrogens (tertiary/aromatic N) is 1. The van der Waals surface area contributed by atoms with Crippen molar-refractivity contribution in [3.63, 3.8) is 0 Å². The minimum absolute atomic E-state index is 0.0510. The normalized spacial score (nSPS) is 23.2. The summed E-state index contributed by atoms with van der Waals surface area (Å²) in [6.07, 6.45) is 4.40. The first-order valence-electron chi connectivity index (χ1n) is 9.36. The zero-order valence-corrected chi connectivity index (χ0v) is 16.4. The van der Waals surface area contributed by atoms with Gasteiger partial charge in [-0.05, 0) is 49.8 Å². The summed E-state index contributed by atoms with van der Waals surface area (Å²) in [6.45, 7) is 2.06. The molecule has 2 fully saturated rings. The van der Waals surface area contributed by atoms with Crippen molar-refractivity contribution in [2.24, 2.45) is 5.41 Å². The van der Waals surface area contributed by atoms with Gasteiger partial charge < -0.3 is 9.64 Å². The summed E-state index contributed by atoms with van der Waals surface area (Å²) in [6, 6.07) is 6.04. The molecule has 1 aromatic carbocycles. The molecule has 1 amide bonds. The first kappa shape index (κ1) is 20.2. The van der Waals surface area contributed by atoms with E-state index in [9.17, 15) is 17.6 Å². The molecule has 1 aromatic rings. The lowest BCUT2D eigenvalue weighted by atomic mass is 9.73. The summed E-state index contributed by atoms with van der Waals surface area (Å²) >= 11 is 0. The SMILES string of the molecule is CS(=O)(=O)NC1CCCN(C(=O)C2(Cc3ccc(F)cc3)CCOCC2)C1. The Bertz CT molecular complexity index is 760. The average molecular weight is 399 g/mol. The number of piperidine rings is 1. The molecule has 1 atom stereocenters. The van der Waals surface area contributed by atoms with Gasteiger partial charge in [-0.3, -0.25) is 4.79 Å². The molecule has 0 bridgehead atoms. The molecular weight excluding hydrogens is 371 g/mol. The first-order valence-corrected chi connectivity index (χ1v) is 11.3. The summed E-state index contributed by atoms with van der Waals surface area (Å²) in [5.74, 6) is -0.244. The molecule has 2 aliphatic heterocycles. The average Bonchev–Trinajstić information content (AvgIpc) is 2.63. The number of ether oxygens (including phenoxy) is 1. The van der Waals surface area contributed by atoms with Gasteiger partial charge in [-0.15, -0.1) is 0 Å². The minimum atomic E-state index is -3.31. The largest absolute Gasteiger partial charge is 0.381 e. The van der Waals surface area contributed by atoms with Crippen molar-refractivity contribution in [2.45, 2.75) is 38.1 Å². The maximum atomic E-state index is 13.5. The second-order valence-corrected chi connectivity index (χ2v) is 9.46. The summed E-state index contributed by atoms with van der Waals surface area (Å²) in [7, 11) is -3.31. The fourth-order valence-corrected chi connectivity index (χ4v) is 4.92. The van der Waals surface area contributed by atoms with Gasteiger partial charge in [0.05, 0.1) is 11.7 Å². The van der Waals surface area contributed by atoms with E-state index in [1.807, 2.05) is 0 Å². The Hall–Kier alpha value is -1.51. The van der Waals surface area contributed by atoms with Crippen molar-refractivity contribution in [3.8, 4) is 0 Å². The summed E-state index contributed by atoms with van der Waals surface area (Å²) in [5, 5.41) is 0. The van der Waals surface area contributed by atoms with E-state index in [1.54, 1.807) is 17.0 Å². The molecule has 150 valence electrons. The van der Waals surface area contributed by atoms with Crippen LogP contribution in [0.15, 0.2) is 24.3 Å². The molecule has 0 aromatic heterocycles. The number of amides is 1. The molecule has 27 heavy (non-hydrogen) atoms. The van der Waals surface area contributed by atoms with Crippen LogP contribution in [0.1, 0.15) is 31.2 Å². The third-order valence-electron chi connectivity index (χ3n) is 5.45. The highest BCUT2D eigenvalue weighted by molar-refractivity contribution is 7.88. The van der Waals surface area contributed by atoms with Crippen molar-refractivity contribution >= 4 is 15.9 Å². The maximum absolute atomic E-state index is 13.5. The van der Waals surface area contributed by atoms with Crippen LogP contribution in [-0.4, -0.2) is 57.8 Å². The van der Waals surface area contributed by atoms with E-state index < -0.39 is 15.4 Å². The number of halogens is 1. The third-order valence-corrected chi connectivity index (χ3v) is 6.21. The minimum Gasteiger partial charge on any atom is -0.381 e. The van der Waals surface area contributed by atoms with Gasteiger partial charge in [0.2, 0.25) is 15.9 Å². The number of rotatable bonds is 5. The van der Waals surface area contributed by atoms with E-state index in [4.69, 9.17) is 4.74 Å². The van der Waals surface area contributed by atoms with Crippen LogP contribution in [-0.2, 0) is 26.0 Å². The lowest BCUT2D eigenvalue weighted by Gasteiger charge is -2.42. The molecule has 1 unspecified atom stereocenters. The molecule has 6 nitrogen and oxygen atoms in total. The van der Waals surface area contributed by atoms with Crippen LogP contribution in [0.3, 0.4) is 0 Å². The monoisotopic (exact) mass is 398 g/mol. The van der Waals surface area contributed by atoms with E-state index in [2.05, 4.69) is 4.72 Å². The van der Waals surface area contributed by atoms with Gasteiger partial charge in [-0.25, -0.2) is 17.5 Å². The number of carbonyl (C=O) groups excluding carboxylic acids is 1. The van der Waals surface area contributed by atoms with Crippen LogP contribution < -0.4 is 4.72 Å². The topological polar surface area (TPSA) is 75.7 Å². The molecule has 3 rings (SSSR count). The molecular formula is C19H27FN2O4S. The van der Waals surface area contributed by atoms with Gasteiger partial charge in [-0.1, -0.05) is 12.1 Å². The number of hydrogen-bond donors (Lipinski definition) is 1. The van der Waals surface area contributed by atoms with Gasteiger partial charge in [0, 0.05) is 32.3 Å². The van der Waals surface area contributed by atoms with Crippen molar-refractivity contribution in [3.05, 3.63) is 35.6 Å². The van der Waals surface area contributed by atoms with Gasteiger partial charge in [0.15, 0.2) is 0 Å². The number of nitrogens with one attached hydrogen (secondary N) is 1. The Kier molecular flexibility index (Phi) is 6.18. The maximum Gasteiger partial charge on any atom is 0.229 e. The van der Waals surface area contributed by atoms with Crippen LogP contribution >= 0.6 is 0 Å². The van der Waals surface area contributed by atoms with E-state index in [1.165, 1.54) is 12.1 Å². The quantitative estimate of drug-likeness (QED) is 0.819. The molecule has 2 saturated heterocycles. The molecule has 0 saturated carbocycles. The summed E-state index contributed by atoms with van der Waals surface area (Å²) in [5.41, 5.74) is 0.345. The van der Waals surface area contributed by atoms with Gasteiger partial charge in [0.1, 0.15) is 5.82 Å². The second kappa shape index (κ2) is 8.24. The zero-order valence-electron chi connectivity index (χ0n) is 15.6. The lowest BCUT2D eigenvalue weighted by molar-refractivity contribution is -0.149. The fraction of sp³-hybridized carbons (Fsp3) is 0.632. The predicted octanol–water partition coefficient (Wildman–Crippen LogP) is 1.71. The van der Waals surface area contributed by atoms with Crippen molar-refractivity contribution in [1.82, 2.24) is 9.62 Å². The second-order valence-electron chi connectivity index (χ2n) is 7.68. The van der Waals surface area contributed by atoms with E-state index >= 15 is 0 Å². The number of benzene rings is 1. The molecule has 0 spiro atoms. The molecule has 1 N–H and O–H groups in total. The summed E-state index contributed by atoms with van der Waals surface area (Å²) < 4.78 is 44.4. The highest BCUT2D eigenvalue weighted by atomic mass is 32.2. The number of hydrogen-bond acceptors (Lipinski definition) is 4. The van der Waals surface area contributed by atoms with E-state index in [0.717, 1.165) is 24.7 Å². The van der Waals surface area contributed by atoms with Gasteiger partial charge >= 0.3 is 0 Å². The van der Waals surface area contributed by atoms with E-state index in [-0.39, 0.29) is 17.8 Å². The van der Waals surface area contributed by atoms with Crippen LogP contribution in [0.5, 0.6) is 0 Å². The Morgan fingerprint density at radius 1 is 1.30 bits per heavy atom. The van der Waals surface area contributed by atoms with E-state index in [0.29, 0.717) is 45.6 Å². The Morgan fingerprint density at radius 2 is 1.96 bits per heavy atom. The van der Waals surface area contributed by atoms with Crippen LogP contribution in [0, 0.1) is 11.2 Å². The number of sulfonamides is 1. The molecule has 0 aliphatic carbocycles. The van der Waals surface area contributed by atoms with Gasteiger partial charge in [-0.2, -0.15) is 0 Å². The Labute approximate surface area is 160 Å².